The maximum atomic E-state index is 12.7. The van der Waals surface area contributed by atoms with Crippen LogP contribution in [-0.4, -0.2) is 41.6 Å². The lowest BCUT2D eigenvalue weighted by Gasteiger charge is -2.39. The van der Waals surface area contributed by atoms with Gasteiger partial charge in [-0.1, -0.05) is 19.3 Å². The van der Waals surface area contributed by atoms with Gasteiger partial charge in [0.2, 0.25) is 0 Å². The van der Waals surface area contributed by atoms with Crippen LogP contribution in [0.4, 0.5) is 0 Å². The fourth-order valence-corrected chi connectivity index (χ4v) is 3.36. The molecule has 0 saturated heterocycles. The van der Waals surface area contributed by atoms with Gasteiger partial charge >= 0.3 is 5.97 Å². The lowest BCUT2D eigenvalue weighted by Crippen LogP contribution is -2.53. The summed E-state index contributed by atoms with van der Waals surface area (Å²) in [6, 6.07) is 8.92. The van der Waals surface area contributed by atoms with Crippen LogP contribution < -0.4 is 4.74 Å². The summed E-state index contributed by atoms with van der Waals surface area (Å²) in [6.07, 6.45) is 3.32. The Balaban J connectivity index is 2.00. The van der Waals surface area contributed by atoms with Crippen molar-refractivity contribution in [3.05, 3.63) is 29.8 Å². The summed E-state index contributed by atoms with van der Waals surface area (Å²) in [5, 5.41) is 9.63. The smallest absolute Gasteiger partial charge is 0.338 e. The first kappa shape index (κ1) is 20.8. The van der Waals surface area contributed by atoms with Crippen molar-refractivity contribution in [3.63, 3.8) is 0 Å². The zero-order chi connectivity index (χ0) is 20.0. The average Bonchev–Trinajstić information content (AvgIpc) is 2.67. The molecule has 1 aromatic rings. The number of ether oxygens (including phenoxy) is 2. The zero-order valence-electron chi connectivity index (χ0n) is 16.5. The Morgan fingerprint density at radius 1 is 1.11 bits per heavy atom. The SMILES string of the molecule is CC(C)Oc1ccc(C(=O)O[C@@H](C)C(=O)N(C)C2(C#N)CCCCC2)cc1. The molecule has 6 heteroatoms. The van der Waals surface area contributed by atoms with Gasteiger partial charge in [0.15, 0.2) is 6.10 Å². The van der Waals surface area contributed by atoms with Crippen molar-refractivity contribution in [1.82, 2.24) is 4.90 Å². The molecule has 1 aliphatic carbocycles. The number of hydrogen-bond acceptors (Lipinski definition) is 5. The maximum Gasteiger partial charge on any atom is 0.338 e. The lowest BCUT2D eigenvalue weighted by atomic mass is 9.81. The highest BCUT2D eigenvalue weighted by molar-refractivity contribution is 5.92. The summed E-state index contributed by atoms with van der Waals surface area (Å²) in [5.74, 6) is -0.264. The molecule has 1 aromatic carbocycles. The van der Waals surface area contributed by atoms with Crippen LogP contribution in [0.25, 0.3) is 0 Å². The highest BCUT2D eigenvalue weighted by Gasteiger charge is 2.40. The highest BCUT2D eigenvalue weighted by Crippen LogP contribution is 2.33. The molecule has 0 aliphatic heterocycles. The molecule has 2 rings (SSSR count). The minimum Gasteiger partial charge on any atom is -0.491 e. The second kappa shape index (κ2) is 8.90. The highest BCUT2D eigenvalue weighted by atomic mass is 16.5. The Bertz CT molecular complexity index is 700. The van der Waals surface area contributed by atoms with E-state index >= 15 is 0 Å². The Morgan fingerprint density at radius 2 is 1.70 bits per heavy atom. The quantitative estimate of drug-likeness (QED) is 0.711. The van der Waals surface area contributed by atoms with Crippen LogP contribution in [0.3, 0.4) is 0 Å². The molecular weight excluding hydrogens is 344 g/mol. The average molecular weight is 372 g/mol. The van der Waals surface area contributed by atoms with Gasteiger partial charge in [-0.2, -0.15) is 5.26 Å². The standard InChI is InChI=1S/C21H28N2O4/c1-15(2)26-18-10-8-17(9-11-18)20(25)27-16(3)19(24)23(4)21(14-22)12-6-5-7-13-21/h8-11,15-16H,5-7,12-13H2,1-4H3/t16-/m0/s1. The van der Waals surface area contributed by atoms with Crippen molar-refractivity contribution in [3.8, 4) is 11.8 Å². The number of nitriles is 1. The first-order chi connectivity index (χ1) is 12.8. The van der Waals surface area contributed by atoms with E-state index in [4.69, 9.17) is 9.47 Å². The fourth-order valence-electron chi connectivity index (χ4n) is 3.36. The van der Waals surface area contributed by atoms with Gasteiger partial charge in [0.1, 0.15) is 11.3 Å². The van der Waals surface area contributed by atoms with E-state index in [2.05, 4.69) is 6.07 Å². The van der Waals surface area contributed by atoms with E-state index in [-0.39, 0.29) is 12.0 Å². The van der Waals surface area contributed by atoms with Gasteiger partial charge < -0.3 is 14.4 Å². The van der Waals surface area contributed by atoms with Gasteiger partial charge in [0.05, 0.1) is 17.7 Å². The molecule has 0 N–H and O–H groups in total. The van der Waals surface area contributed by atoms with Crippen molar-refractivity contribution >= 4 is 11.9 Å². The predicted octanol–water partition coefficient (Wildman–Crippen LogP) is 3.70. The Labute approximate surface area is 161 Å². The summed E-state index contributed by atoms with van der Waals surface area (Å²) in [5.41, 5.74) is -0.452. The first-order valence-electron chi connectivity index (χ1n) is 9.46. The maximum absolute atomic E-state index is 12.7. The van der Waals surface area contributed by atoms with Crippen molar-refractivity contribution < 1.29 is 19.1 Å². The van der Waals surface area contributed by atoms with E-state index < -0.39 is 17.6 Å². The van der Waals surface area contributed by atoms with Crippen molar-refractivity contribution in [2.45, 2.75) is 70.6 Å². The Kier molecular flexibility index (Phi) is 6.84. The molecular formula is C21H28N2O4. The Morgan fingerprint density at radius 3 is 2.22 bits per heavy atom. The molecule has 146 valence electrons. The van der Waals surface area contributed by atoms with Crippen LogP contribution in [0.2, 0.25) is 0 Å². The molecule has 0 heterocycles. The van der Waals surface area contributed by atoms with Crippen LogP contribution in [0.1, 0.15) is 63.2 Å². The molecule has 0 bridgehead atoms. The van der Waals surface area contributed by atoms with Gasteiger partial charge in [-0.05, 0) is 57.9 Å². The Hall–Kier alpha value is -2.55. The summed E-state index contributed by atoms with van der Waals surface area (Å²) < 4.78 is 10.9. The van der Waals surface area contributed by atoms with Crippen LogP contribution in [0.5, 0.6) is 5.75 Å². The van der Waals surface area contributed by atoms with E-state index in [0.29, 0.717) is 24.2 Å². The van der Waals surface area contributed by atoms with E-state index in [0.717, 1.165) is 19.3 Å². The van der Waals surface area contributed by atoms with E-state index in [1.807, 2.05) is 13.8 Å². The number of carbonyl (C=O) groups excluding carboxylic acids is 2. The molecule has 1 atom stereocenters. The van der Waals surface area contributed by atoms with Crippen LogP contribution in [0, 0.1) is 11.3 Å². The van der Waals surface area contributed by atoms with Crippen LogP contribution in [-0.2, 0) is 9.53 Å². The topological polar surface area (TPSA) is 79.6 Å². The van der Waals surface area contributed by atoms with Gasteiger partial charge in [-0.15, -0.1) is 0 Å². The summed E-state index contributed by atoms with van der Waals surface area (Å²) in [6.45, 7) is 5.39. The third-order valence-corrected chi connectivity index (χ3v) is 4.95. The van der Waals surface area contributed by atoms with Gasteiger partial charge in [-0.25, -0.2) is 4.79 Å². The molecule has 1 aliphatic rings. The van der Waals surface area contributed by atoms with Crippen molar-refractivity contribution in [1.29, 1.82) is 5.26 Å². The molecule has 1 amide bonds. The number of carbonyl (C=O) groups is 2. The molecule has 0 aromatic heterocycles. The third-order valence-electron chi connectivity index (χ3n) is 4.95. The number of hydrogen-bond donors (Lipinski definition) is 0. The van der Waals surface area contributed by atoms with Gasteiger partial charge in [0.25, 0.3) is 5.91 Å². The van der Waals surface area contributed by atoms with E-state index in [1.165, 1.54) is 4.90 Å². The minimum atomic E-state index is -0.957. The van der Waals surface area contributed by atoms with Crippen molar-refractivity contribution in [2.75, 3.05) is 7.05 Å². The zero-order valence-corrected chi connectivity index (χ0v) is 16.5. The molecule has 6 nitrogen and oxygen atoms in total. The number of benzene rings is 1. The number of esters is 1. The predicted molar refractivity (Wildman–Crippen MR) is 101 cm³/mol. The monoisotopic (exact) mass is 372 g/mol. The second-order valence-electron chi connectivity index (χ2n) is 7.34. The fraction of sp³-hybridized carbons (Fsp3) is 0.571. The van der Waals surface area contributed by atoms with Crippen molar-refractivity contribution in [2.24, 2.45) is 0 Å². The lowest BCUT2D eigenvalue weighted by molar-refractivity contribution is -0.143. The molecule has 1 saturated carbocycles. The third kappa shape index (κ3) is 5.00. The summed E-state index contributed by atoms with van der Waals surface area (Å²) in [4.78, 5) is 26.5. The molecule has 0 unspecified atom stereocenters. The number of amides is 1. The van der Waals surface area contributed by atoms with E-state index in [9.17, 15) is 14.9 Å². The molecule has 0 spiro atoms. The normalized spacial score (nSPS) is 16.9. The largest absolute Gasteiger partial charge is 0.491 e. The summed E-state index contributed by atoms with van der Waals surface area (Å²) >= 11 is 0. The summed E-state index contributed by atoms with van der Waals surface area (Å²) in [7, 11) is 1.62. The number of likely N-dealkylation sites (N-methyl/N-ethyl adjacent to an activating group) is 1. The molecule has 27 heavy (non-hydrogen) atoms. The first-order valence-corrected chi connectivity index (χ1v) is 9.46. The number of rotatable bonds is 6. The van der Waals surface area contributed by atoms with Crippen LogP contribution in [0.15, 0.2) is 24.3 Å². The minimum absolute atomic E-state index is 0.0447. The van der Waals surface area contributed by atoms with Gasteiger partial charge in [-0.3, -0.25) is 4.79 Å². The van der Waals surface area contributed by atoms with Gasteiger partial charge in [0, 0.05) is 7.05 Å². The molecule has 0 radical (unpaired) electrons. The second-order valence-corrected chi connectivity index (χ2v) is 7.34. The number of nitrogens with zero attached hydrogens (tertiary/aromatic N) is 2. The van der Waals surface area contributed by atoms with Crippen LogP contribution >= 0.6 is 0 Å². The van der Waals surface area contributed by atoms with E-state index in [1.54, 1.807) is 38.2 Å². The molecule has 1 fully saturated rings.